The number of hydrogen-bond acceptors (Lipinski definition) is 0. The Kier molecular flexibility index (Phi) is 8.95. The summed E-state index contributed by atoms with van der Waals surface area (Å²) in [6, 6.07) is 58.5. The Morgan fingerprint density at radius 2 is 0.958 bits per heavy atom. The summed E-state index contributed by atoms with van der Waals surface area (Å²) in [5, 5.41) is 10.9. The summed E-state index contributed by atoms with van der Waals surface area (Å²) in [6.07, 6.45) is 15.8. The van der Waals surface area contributed by atoms with Crippen molar-refractivity contribution in [3.63, 3.8) is 0 Å². The van der Waals surface area contributed by atoms with Crippen molar-refractivity contribution in [2.75, 3.05) is 0 Å². The van der Waals surface area contributed by atoms with E-state index in [1.165, 1.54) is 64.9 Å². The second-order valence-electron chi connectivity index (χ2n) is 12.1. The van der Waals surface area contributed by atoms with Crippen LogP contribution in [-0.2, 0) is 0 Å². The summed E-state index contributed by atoms with van der Waals surface area (Å²) in [5.74, 6) is 0. The van der Waals surface area contributed by atoms with Gasteiger partial charge in [0.2, 0.25) is 0 Å². The van der Waals surface area contributed by atoms with Crippen molar-refractivity contribution in [2.24, 2.45) is 0 Å². The summed E-state index contributed by atoms with van der Waals surface area (Å²) < 4.78 is 0. The van der Waals surface area contributed by atoms with Crippen LogP contribution in [0.2, 0.25) is 0 Å². The predicted octanol–water partition coefficient (Wildman–Crippen LogP) is 10.2. The highest BCUT2D eigenvalue weighted by molar-refractivity contribution is 7.80. The lowest BCUT2D eigenvalue weighted by atomic mass is 9.88. The maximum Gasteiger partial charge on any atom is -0.00121 e. The first-order chi connectivity index (χ1) is 23.9. The van der Waals surface area contributed by atoms with Gasteiger partial charge in [0.25, 0.3) is 0 Å². The molecule has 2 heteroatoms. The van der Waals surface area contributed by atoms with E-state index in [0.717, 1.165) is 12.8 Å². The molecule has 0 heterocycles. The van der Waals surface area contributed by atoms with Crippen LogP contribution in [0.5, 0.6) is 0 Å². The van der Waals surface area contributed by atoms with Crippen molar-refractivity contribution < 1.29 is 0 Å². The third-order valence-corrected chi connectivity index (χ3v) is 14.1. The largest absolute Gasteiger partial charge is 0.0801 e. The summed E-state index contributed by atoms with van der Waals surface area (Å²) in [7, 11) is -1.73. The lowest BCUT2D eigenvalue weighted by Crippen LogP contribution is -2.24. The normalized spacial score (nSPS) is 14.5. The van der Waals surface area contributed by atoms with Gasteiger partial charge in [0, 0.05) is 0 Å². The highest BCUT2D eigenvalue weighted by Gasteiger charge is 2.30. The fourth-order valence-corrected chi connectivity index (χ4v) is 12.0. The first-order valence-corrected chi connectivity index (χ1v) is 19.3. The number of benzene rings is 6. The summed E-state index contributed by atoms with van der Waals surface area (Å²) >= 11 is 0. The molecule has 0 atom stereocenters. The number of hydrogen-bond donors (Lipinski definition) is 0. The molecule has 6 aromatic rings. The summed E-state index contributed by atoms with van der Waals surface area (Å²) in [4.78, 5) is 0. The van der Waals surface area contributed by atoms with Gasteiger partial charge < -0.3 is 0 Å². The van der Waals surface area contributed by atoms with Crippen molar-refractivity contribution in [1.29, 1.82) is 0 Å². The molecule has 0 saturated heterocycles. The second-order valence-corrected chi connectivity index (χ2v) is 16.4. The monoisotopic (exact) mass is 650 g/mol. The minimum Gasteiger partial charge on any atom is -0.0801 e. The fourth-order valence-electron chi connectivity index (χ4n) is 6.99. The van der Waals surface area contributed by atoms with Gasteiger partial charge in [0.05, 0.1) is 0 Å². The van der Waals surface area contributed by atoms with Crippen LogP contribution in [0.4, 0.5) is 0 Å². The van der Waals surface area contributed by atoms with Gasteiger partial charge in [-0.3, -0.25) is 0 Å². The van der Waals surface area contributed by atoms with E-state index in [1.54, 1.807) is 0 Å². The maximum atomic E-state index is 2.48. The van der Waals surface area contributed by atoms with E-state index in [2.05, 4.69) is 194 Å². The third-order valence-electron chi connectivity index (χ3n) is 9.12. The molecule has 0 amide bonds. The third kappa shape index (κ3) is 6.00. The molecule has 230 valence electrons. The van der Waals surface area contributed by atoms with E-state index in [9.17, 15) is 0 Å². The van der Waals surface area contributed by atoms with E-state index < -0.39 is 15.8 Å². The maximum absolute atomic E-state index is 2.48. The van der Waals surface area contributed by atoms with Crippen molar-refractivity contribution in [2.45, 2.75) is 12.8 Å². The van der Waals surface area contributed by atoms with Crippen molar-refractivity contribution in [3.8, 4) is 0 Å². The van der Waals surface area contributed by atoms with Gasteiger partial charge in [-0.05, 0) is 93.6 Å². The van der Waals surface area contributed by atoms with Gasteiger partial charge in [-0.2, -0.15) is 0 Å². The summed E-state index contributed by atoms with van der Waals surface area (Å²) in [6.45, 7) is 0. The molecule has 6 aromatic carbocycles. The SMILES string of the molecule is C1=CCC2=C(C=C1)CC=CC(P(c1ccccc1)c1ccccc1)=C2c1c(P(c2ccccc2)c2ccccc2)ccc2ccccc12. The first kappa shape index (κ1) is 30.5. The lowest BCUT2D eigenvalue weighted by molar-refractivity contribution is 1.19. The zero-order valence-corrected chi connectivity index (χ0v) is 28.6. The van der Waals surface area contributed by atoms with Gasteiger partial charge in [0.15, 0.2) is 0 Å². The molecule has 0 spiro atoms. The molecule has 2 aliphatic rings. The van der Waals surface area contributed by atoms with Crippen molar-refractivity contribution in [1.82, 2.24) is 0 Å². The Balaban J connectivity index is 1.54. The van der Waals surface area contributed by atoms with Crippen LogP contribution in [-0.4, -0.2) is 0 Å². The molecule has 0 radical (unpaired) electrons. The molecule has 0 unspecified atom stereocenters. The molecule has 0 aliphatic heterocycles. The van der Waals surface area contributed by atoms with Crippen LogP contribution in [0.15, 0.2) is 211 Å². The van der Waals surface area contributed by atoms with Crippen LogP contribution >= 0.6 is 15.8 Å². The average molecular weight is 651 g/mol. The first-order valence-electron chi connectivity index (χ1n) is 16.7. The highest BCUT2D eigenvalue weighted by atomic mass is 31.1. The standard InChI is InChI=1S/C46H36P2/c1-6-19-35-21-18-32-43(47(37-22-7-2-8-23-37)38-24-9-3-10-25-38)45(41(35)30-15-1)46-42-31-17-16-20-36(42)33-34-44(46)48(39-26-11-4-12-27-39)40-28-13-5-14-29-40/h1-20,22-29,31-34H,21,30H2. The van der Waals surface area contributed by atoms with Crippen LogP contribution in [0.1, 0.15) is 18.4 Å². The van der Waals surface area contributed by atoms with E-state index in [1.807, 2.05) is 0 Å². The minimum atomic E-state index is -0.868. The van der Waals surface area contributed by atoms with Crippen LogP contribution in [0.3, 0.4) is 0 Å². The Morgan fingerprint density at radius 3 is 1.56 bits per heavy atom. The van der Waals surface area contributed by atoms with E-state index >= 15 is 0 Å². The quantitative estimate of drug-likeness (QED) is 0.151. The van der Waals surface area contributed by atoms with E-state index in [4.69, 9.17) is 0 Å². The topological polar surface area (TPSA) is 0 Å². The van der Waals surface area contributed by atoms with Gasteiger partial charge in [-0.25, -0.2) is 0 Å². The Hall–Kier alpha value is -4.86. The zero-order valence-electron chi connectivity index (χ0n) is 26.8. The summed E-state index contributed by atoms with van der Waals surface area (Å²) in [5.41, 5.74) is 5.62. The van der Waals surface area contributed by atoms with Gasteiger partial charge in [0.1, 0.15) is 0 Å². The molecule has 0 fully saturated rings. The van der Waals surface area contributed by atoms with Gasteiger partial charge in [-0.1, -0.05) is 194 Å². The number of rotatable bonds is 7. The molecule has 48 heavy (non-hydrogen) atoms. The number of allylic oxidation sites excluding steroid dienone is 10. The smallest absolute Gasteiger partial charge is 0.00121 e. The molecular weight excluding hydrogens is 614 g/mol. The van der Waals surface area contributed by atoms with Gasteiger partial charge >= 0.3 is 0 Å². The molecule has 2 aliphatic carbocycles. The lowest BCUT2D eigenvalue weighted by Gasteiger charge is -2.29. The zero-order chi connectivity index (χ0) is 32.1. The van der Waals surface area contributed by atoms with Crippen molar-refractivity contribution >= 4 is 58.7 Å². The molecule has 0 aromatic heterocycles. The van der Waals surface area contributed by atoms with E-state index in [-0.39, 0.29) is 0 Å². The highest BCUT2D eigenvalue weighted by Crippen LogP contribution is 2.53. The Labute approximate surface area is 286 Å². The van der Waals surface area contributed by atoms with Crippen LogP contribution in [0, 0.1) is 0 Å². The van der Waals surface area contributed by atoms with Crippen LogP contribution in [0.25, 0.3) is 16.3 Å². The number of fused-ring (bicyclic) bond motifs is 1. The Bertz CT molecular complexity index is 2130. The van der Waals surface area contributed by atoms with Crippen LogP contribution < -0.4 is 26.5 Å². The molecule has 0 nitrogen and oxygen atoms in total. The molecule has 0 bridgehead atoms. The molecule has 0 N–H and O–H groups in total. The van der Waals surface area contributed by atoms with E-state index in [0.29, 0.717) is 0 Å². The minimum absolute atomic E-state index is 0.861. The van der Waals surface area contributed by atoms with Crippen molar-refractivity contribution in [3.05, 3.63) is 216 Å². The molecule has 0 saturated carbocycles. The van der Waals surface area contributed by atoms with Gasteiger partial charge in [-0.15, -0.1) is 0 Å². The fraction of sp³-hybridized carbons (Fsp3) is 0.0435. The molecule has 8 rings (SSSR count). The second kappa shape index (κ2) is 14.1. The predicted molar refractivity (Wildman–Crippen MR) is 212 cm³/mol. The Morgan fingerprint density at radius 1 is 0.417 bits per heavy atom. The average Bonchev–Trinajstić information content (AvgIpc) is 3.49. The molecular formula is C46H36P2.